The van der Waals surface area contributed by atoms with E-state index >= 15 is 0 Å². The van der Waals surface area contributed by atoms with Crippen LogP contribution in [0, 0.1) is 16.0 Å². The second-order valence-electron chi connectivity index (χ2n) is 5.37. The van der Waals surface area contributed by atoms with Gasteiger partial charge in [0.25, 0.3) is 5.69 Å². The number of amidine groups is 1. The summed E-state index contributed by atoms with van der Waals surface area (Å²) in [7, 11) is 2.07. The lowest BCUT2D eigenvalue weighted by Gasteiger charge is -2.22. The van der Waals surface area contributed by atoms with E-state index in [1.807, 2.05) is 0 Å². The van der Waals surface area contributed by atoms with Crippen molar-refractivity contribution < 1.29 is 4.92 Å². The molecule has 1 aromatic rings. The maximum Gasteiger partial charge on any atom is 0.269 e. The van der Waals surface area contributed by atoms with Gasteiger partial charge in [0.15, 0.2) is 5.17 Å². The summed E-state index contributed by atoms with van der Waals surface area (Å²) < 4.78 is 0. The molecule has 108 valence electrons. The monoisotopic (exact) mass is 293 g/mol. The molecule has 0 N–H and O–H groups in total. The van der Waals surface area contributed by atoms with Crippen LogP contribution in [0.15, 0.2) is 29.3 Å². The minimum absolute atomic E-state index is 0.0964. The van der Waals surface area contributed by atoms with Crippen LogP contribution in [0.3, 0.4) is 0 Å². The summed E-state index contributed by atoms with van der Waals surface area (Å²) in [6.07, 6.45) is 1.16. The molecule has 1 saturated heterocycles. The summed E-state index contributed by atoms with van der Waals surface area (Å²) >= 11 is 1.75. The molecule has 0 saturated carbocycles. The van der Waals surface area contributed by atoms with Crippen molar-refractivity contribution in [3.8, 4) is 0 Å². The quantitative estimate of drug-likeness (QED) is 0.627. The molecule has 0 aliphatic carbocycles. The van der Waals surface area contributed by atoms with E-state index in [4.69, 9.17) is 0 Å². The Morgan fingerprint density at radius 3 is 2.65 bits per heavy atom. The van der Waals surface area contributed by atoms with E-state index in [0.29, 0.717) is 12.0 Å². The van der Waals surface area contributed by atoms with Crippen LogP contribution < -0.4 is 0 Å². The molecular formula is C14H19N3O2S. The van der Waals surface area contributed by atoms with Crippen molar-refractivity contribution in [2.24, 2.45) is 10.9 Å². The molecule has 0 radical (unpaired) electrons. The van der Waals surface area contributed by atoms with Crippen molar-refractivity contribution >= 4 is 28.3 Å². The lowest BCUT2D eigenvalue weighted by Crippen LogP contribution is -2.30. The van der Waals surface area contributed by atoms with Crippen LogP contribution in [0.4, 0.5) is 11.4 Å². The van der Waals surface area contributed by atoms with E-state index in [2.05, 4.69) is 30.8 Å². The number of nitro groups is 1. The lowest BCUT2D eigenvalue weighted by molar-refractivity contribution is -0.384. The van der Waals surface area contributed by atoms with Crippen molar-refractivity contribution in [3.05, 3.63) is 34.4 Å². The number of hydrogen-bond donors (Lipinski definition) is 0. The van der Waals surface area contributed by atoms with Gasteiger partial charge in [-0.15, -0.1) is 0 Å². The molecule has 0 unspecified atom stereocenters. The Morgan fingerprint density at radius 2 is 2.10 bits per heavy atom. The Bertz CT molecular complexity index is 514. The Balaban J connectivity index is 2.09. The Hall–Kier alpha value is -1.56. The van der Waals surface area contributed by atoms with E-state index in [1.54, 1.807) is 23.9 Å². The minimum atomic E-state index is -0.397. The molecule has 5 nitrogen and oxygen atoms in total. The summed E-state index contributed by atoms with van der Waals surface area (Å²) in [5.41, 5.74) is 0.856. The molecule has 0 spiro atoms. The minimum Gasteiger partial charge on any atom is -0.350 e. The smallest absolute Gasteiger partial charge is 0.269 e. The van der Waals surface area contributed by atoms with Gasteiger partial charge in [0.1, 0.15) is 0 Å². The molecular weight excluding hydrogens is 274 g/mol. The molecule has 1 fully saturated rings. The SMILES string of the molecule is CC(C)C[C@H]1CSC(=Nc2ccc([N+](=O)[O-])cc2)N1C. The Kier molecular flexibility index (Phi) is 4.65. The fraction of sp³-hybridized carbons (Fsp3) is 0.500. The number of nitrogens with zero attached hydrogens (tertiary/aromatic N) is 3. The number of benzene rings is 1. The van der Waals surface area contributed by atoms with Crippen molar-refractivity contribution in [2.45, 2.75) is 26.3 Å². The first kappa shape index (κ1) is 14.8. The van der Waals surface area contributed by atoms with Gasteiger partial charge in [-0.2, -0.15) is 0 Å². The number of non-ortho nitro benzene ring substituents is 1. The van der Waals surface area contributed by atoms with Crippen molar-refractivity contribution in [2.75, 3.05) is 12.8 Å². The first-order valence-electron chi connectivity index (χ1n) is 6.66. The van der Waals surface area contributed by atoms with E-state index in [9.17, 15) is 10.1 Å². The molecule has 20 heavy (non-hydrogen) atoms. The van der Waals surface area contributed by atoms with Crippen LogP contribution in [-0.2, 0) is 0 Å². The number of thioether (sulfide) groups is 1. The van der Waals surface area contributed by atoms with Gasteiger partial charge in [0.2, 0.25) is 0 Å². The summed E-state index contributed by atoms with van der Waals surface area (Å²) in [5, 5.41) is 11.6. The molecule has 0 amide bonds. The van der Waals surface area contributed by atoms with Crippen LogP contribution in [0.5, 0.6) is 0 Å². The first-order chi connectivity index (χ1) is 9.47. The van der Waals surface area contributed by atoms with Gasteiger partial charge in [-0.3, -0.25) is 10.1 Å². The maximum absolute atomic E-state index is 10.6. The van der Waals surface area contributed by atoms with Crippen LogP contribution in [-0.4, -0.2) is 33.8 Å². The molecule has 1 heterocycles. The zero-order chi connectivity index (χ0) is 14.7. The standard InChI is InChI=1S/C14H19N3O2S/c1-10(2)8-13-9-20-14(16(13)3)15-11-4-6-12(7-5-11)17(18)19/h4-7,10,13H,8-9H2,1-3H3/t13-/m0/s1. The molecule has 1 aromatic carbocycles. The summed E-state index contributed by atoms with van der Waals surface area (Å²) in [4.78, 5) is 17.0. The zero-order valence-electron chi connectivity index (χ0n) is 11.9. The van der Waals surface area contributed by atoms with E-state index in [1.165, 1.54) is 12.1 Å². The van der Waals surface area contributed by atoms with Gasteiger partial charge in [-0.25, -0.2) is 4.99 Å². The zero-order valence-corrected chi connectivity index (χ0v) is 12.8. The average molecular weight is 293 g/mol. The van der Waals surface area contributed by atoms with Crippen LogP contribution in [0.25, 0.3) is 0 Å². The molecule has 1 atom stereocenters. The Morgan fingerprint density at radius 1 is 1.45 bits per heavy atom. The molecule has 6 heteroatoms. The predicted molar refractivity (Wildman–Crippen MR) is 83.7 cm³/mol. The largest absolute Gasteiger partial charge is 0.350 e. The van der Waals surface area contributed by atoms with Gasteiger partial charge in [0, 0.05) is 31.0 Å². The lowest BCUT2D eigenvalue weighted by atomic mass is 10.0. The third-order valence-corrected chi connectivity index (χ3v) is 4.47. The molecule has 1 aliphatic rings. The fourth-order valence-electron chi connectivity index (χ4n) is 2.18. The van der Waals surface area contributed by atoms with E-state index in [-0.39, 0.29) is 5.69 Å². The highest BCUT2D eigenvalue weighted by molar-refractivity contribution is 8.14. The molecule has 0 bridgehead atoms. The Labute approximate surface area is 123 Å². The highest BCUT2D eigenvalue weighted by Crippen LogP contribution is 2.29. The van der Waals surface area contributed by atoms with Gasteiger partial charge in [-0.05, 0) is 24.5 Å². The van der Waals surface area contributed by atoms with Crippen molar-refractivity contribution in [1.29, 1.82) is 0 Å². The van der Waals surface area contributed by atoms with Gasteiger partial charge in [0.05, 0.1) is 10.6 Å². The molecule has 1 aliphatic heterocycles. The second kappa shape index (κ2) is 6.26. The van der Waals surface area contributed by atoms with Crippen LogP contribution in [0.1, 0.15) is 20.3 Å². The summed E-state index contributed by atoms with van der Waals surface area (Å²) in [5.74, 6) is 1.72. The topological polar surface area (TPSA) is 58.7 Å². The fourth-order valence-corrected chi connectivity index (χ4v) is 3.41. The normalized spacial score (nSPS) is 20.9. The second-order valence-corrected chi connectivity index (χ2v) is 6.36. The van der Waals surface area contributed by atoms with Gasteiger partial charge >= 0.3 is 0 Å². The third kappa shape index (κ3) is 3.50. The molecule has 0 aromatic heterocycles. The highest BCUT2D eigenvalue weighted by Gasteiger charge is 2.27. The average Bonchev–Trinajstić information content (AvgIpc) is 2.71. The number of nitro benzene ring substituents is 1. The van der Waals surface area contributed by atoms with E-state index in [0.717, 1.165) is 23.0 Å². The summed E-state index contributed by atoms with van der Waals surface area (Å²) in [6.45, 7) is 4.45. The highest BCUT2D eigenvalue weighted by atomic mass is 32.2. The van der Waals surface area contributed by atoms with Gasteiger partial charge < -0.3 is 4.90 Å². The van der Waals surface area contributed by atoms with Crippen LogP contribution in [0.2, 0.25) is 0 Å². The number of hydrogen-bond acceptors (Lipinski definition) is 4. The third-order valence-electron chi connectivity index (χ3n) is 3.28. The van der Waals surface area contributed by atoms with Crippen LogP contribution >= 0.6 is 11.8 Å². The first-order valence-corrected chi connectivity index (χ1v) is 7.64. The number of rotatable bonds is 4. The predicted octanol–water partition coefficient (Wildman–Crippen LogP) is 3.68. The van der Waals surface area contributed by atoms with Gasteiger partial charge in [-0.1, -0.05) is 25.6 Å². The van der Waals surface area contributed by atoms with Crippen molar-refractivity contribution in [3.63, 3.8) is 0 Å². The van der Waals surface area contributed by atoms with Crippen molar-refractivity contribution in [1.82, 2.24) is 4.90 Å². The molecule has 2 rings (SSSR count). The number of aliphatic imine (C=N–C) groups is 1. The summed E-state index contributed by atoms with van der Waals surface area (Å²) in [6, 6.07) is 6.89. The maximum atomic E-state index is 10.6. The van der Waals surface area contributed by atoms with E-state index < -0.39 is 4.92 Å².